The van der Waals surface area contributed by atoms with E-state index in [-0.39, 0.29) is 17.6 Å². The van der Waals surface area contributed by atoms with E-state index in [0.29, 0.717) is 27.8 Å². The van der Waals surface area contributed by atoms with Gasteiger partial charge in [0.15, 0.2) is 0 Å². The van der Waals surface area contributed by atoms with Crippen LogP contribution in [0.3, 0.4) is 0 Å². The molecule has 2 aromatic rings. The van der Waals surface area contributed by atoms with E-state index < -0.39 is 6.61 Å². The number of thiazole rings is 1. The third-order valence-corrected chi connectivity index (χ3v) is 9.13. The molecule has 0 aliphatic carbocycles. The number of carboxylic acid groups (broad SMARTS) is 1. The summed E-state index contributed by atoms with van der Waals surface area (Å²) in [6.45, 7) is 27.7. The maximum atomic E-state index is 13.4. The summed E-state index contributed by atoms with van der Waals surface area (Å²) in [5, 5.41) is 7.59. The average Bonchev–Trinajstić information content (AvgIpc) is 3.49. The van der Waals surface area contributed by atoms with Gasteiger partial charge >= 0.3 is 6.61 Å². The normalized spacial score (nSPS) is 19.0. The van der Waals surface area contributed by atoms with Gasteiger partial charge in [0, 0.05) is 30.7 Å². The zero-order valence-corrected chi connectivity index (χ0v) is 31.7. The molecular weight excluding hydrogens is 615 g/mol. The summed E-state index contributed by atoms with van der Waals surface area (Å²) in [6, 6.07) is 5.40. The first-order chi connectivity index (χ1) is 22.3. The van der Waals surface area contributed by atoms with E-state index in [9.17, 15) is 8.78 Å². The molecule has 266 valence electrons. The van der Waals surface area contributed by atoms with Gasteiger partial charge in [-0.3, -0.25) is 9.69 Å². The number of hydrogen-bond donors (Lipinski definition) is 1. The van der Waals surface area contributed by atoms with Crippen LogP contribution in [0.1, 0.15) is 112 Å². The molecule has 3 rings (SSSR count). The highest BCUT2D eigenvalue weighted by atomic mass is 32.1. The zero-order chi connectivity index (χ0) is 36.2. The highest BCUT2D eigenvalue weighted by molar-refractivity contribution is 7.15. The summed E-state index contributed by atoms with van der Waals surface area (Å²) in [4.78, 5) is 16.8. The van der Waals surface area contributed by atoms with Crippen molar-refractivity contribution in [2.24, 2.45) is 22.7 Å². The van der Waals surface area contributed by atoms with Crippen molar-refractivity contribution in [3.05, 3.63) is 65.7 Å². The summed E-state index contributed by atoms with van der Waals surface area (Å²) in [5.41, 5.74) is 3.09. The van der Waals surface area contributed by atoms with Crippen LogP contribution < -0.4 is 4.74 Å². The van der Waals surface area contributed by atoms with Crippen molar-refractivity contribution in [2.45, 2.75) is 115 Å². The number of halogens is 2. The van der Waals surface area contributed by atoms with Crippen LogP contribution in [0.4, 0.5) is 8.78 Å². The van der Waals surface area contributed by atoms with Gasteiger partial charge in [0.2, 0.25) is 0 Å². The van der Waals surface area contributed by atoms with E-state index in [1.165, 1.54) is 19.3 Å². The van der Waals surface area contributed by atoms with E-state index in [0.717, 1.165) is 42.1 Å². The fourth-order valence-electron chi connectivity index (χ4n) is 5.77. The molecule has 2 heterocycles. The smallest absolute Gasteiger partial charge is 0.387 e. The third kappa shape index (κ3) is 15.3. The van der Waals surface area contributed by atoms with Crippen LogP contribution in [-0.4, -0.2) is 41.2 Å². The van der Waals surface area contributed by atoms with Gasteiger partial charge in [0.25, 0.3) is 6.47 Å². The Morgan fingerprint density at radius 1 is 1.23 bits per heavy atom. The molecule has 2 unspecified atom stereocenters. The van der Waals surface area contributed by atoms with Gasteiger partial charge in [-0.05, 0) is 58.8 Å². The lowest BCUT2D eigenvalue weighted by Crippen LogP contribution is -2.48. The SMILES string of the molecule is C=C/C=C\C(=C/C(C)CC)c1ccc(OC(F)F)c(-c2ncc(CN3CC(C(C)(C)C)C[C@](C)(CCC)C3)s2)c1.CC.CC.O=CO. The molecule has 0 saturated carbocycles. The highest BCUT2D eigenvalue weighted by Gasteiger charge is 2.40. The minimum absolute atomic E-state index is 0.150. The standard InChI is InChI=1S/C34H48F2N2OS.2C2H6.CH2O2/c1-9-12-13-25(17-24(4)11-3)26-14-15-30(39-32(35)36)29(18-26)31-37-20-28(40-31)22-38-21-27(33(5,6)7)19-34(8,23-38)16-10-2;2*1-2;2-1-3/h9,12-15,17-18,20,24,27,32H,1,10-11,16,19,21-23H2,2-8H3;2*1-2H3;1H,(H,2,3)/b13-12-,25-17+;;;/t24?,27?,34-;;;/m0.../s1. The molecule has 1 fully saturated rings. The summed E-state index contributed by atoms with van der Waals surface area (Å²) in [5.74, 6) is 1.14. The molecule has 1 aromatic carbocycles. The Morgan fingerprint density at radius 3 is 2.40 bits per heavy atom. The molecule has 1 aliphatic rings. The molecular formula is C39H62F2N2O3S. The molecule has 0 amide bonds. The Balaban J connectivity index is 0.00000280. The zero-order valence-electron chi connectivity index (χ0n) is 30.9. The predicted octanol–water partition coefficient (Wildman–Crippen LogP) is 12.0. The molecule has 3 atom stereocenters. The van der Waals surface area contributed by atoms with Crippen molar-refractivity contribution in [3.8, 4) is 16.3 Å². The second kappa shape index (κ2) is 22.7. The van der Waals surface area contributed by atoms with Gasteiger partial charge in [0.1, 0.15) is 10.8 Å². The highest BCUT2D eigenvalue weighted by Crippen LogP contribution is 2.44. The number of hydrogen-bond acceptors (Lipinski definition) is 5. The number of benzene rings is 1. The number of ether oxygens (including phenoxy) is 1. The fraction of sp³-hybridized carbons (Fsp3) is 0.590. The molecule has 1 saturated heterocycles. The number of piperidine rings is 1. The van der Waals surface area contributed by atoms with Crippen LogP contribution >= 0.6 is 11.3 Å². The molecule has 0 bridgehead atoms. The lowest BCUT2D eigenvalue weighted by molar-refractivity contribution is -0.122. The van der Waals surface area contributed by atoms with Crippen LogP contribution in [0.15, 0.2) is 55.3 Å². The minimum atomic E-state index is -2.90. The van der Waals surface area contributed by atoms with Crippen molar-refractivity contribution >= 4 is 23.4 Å². The van der Waals surface area contributed by atoms with Crippen LogP contribution in [0, 0.1) is 22.7 Å². The van der Waals surface area contributed by atoms with Crippen molar-refractivity contribution in [1.82, 2.24) is 9.88 Å². The van der Waals surface area contributed by atoms with E-state index in [4.69, 9.17) is 19.6 Å². The molecule has 0 spiro atoms. The number of likely N-dealkylation sites (tertiary alicyclic amines) is 1. The van der Waals surface area contributed by atoms with E-state index in [1.807, 2.05) is 58.2 Å². The summed E-state index contributed by atoms with van der Waals surface area (Å²) in [7, 11) is 0. The molecule has 8 heteroatoms. The number of aromatic nitrogens is 1. The first-order valence-corrected chi connectivity index (χ1v) is 18.0. The maximum absolute atomic E-state index is 13.4. The molecule has 1 aromatic heterocycles. The molecule has 0 radical (unpaired) electrons. The second-order valence-corrected chi connectivity index (χ2v) is 14.0. The van der Waals surface area contributed by atoms with E-state index in [2.05, 4.69) is 66.0 Å². The summed E-state index contributed by atoms with van der Waals surface area (Å²) < 4.78 is 31.7. The lowest BCUT2D eigenvalue weighted by atomic mass is 9.66. The molecule has 1 N–H and O–H groups in total. The number of allylic oxidation sites excluding steroid dienone is 5. The molecule has 5 nitrogen and oxygen atoms in total. The summed E-state index contributed by atoms with van der Waals surface area (Å²) >= 11 is 1.57. The number of rotatable bonds is 12. The third-order valence-electron chi connectivity index (χ3n) is 8.11. The Bertz CT molecular complexity index is 1240. The van der Waals surface area contributed by atoms with Crippen LogP contribution in [0.2, 0.25) is 0 Å². The topological polar surface area (TPSA) is 62.7 Å². The Labute approximate surface area is 288 Å². The van der Waals surface area contributed by atoms with Crippen LogP contribution in [0.25, 0.3) is 16.1 Å². The maximum Gasteiger partial charge on any atom is 0.387 e. The van der Waals surface area contributed by atoms with Gasteiger partial charge in [0.05, 0.1) is 5.56 Å². The van der Waals surface area contributed by atoms with Gasteiger partial charge < -0.3 is 9.84 Å². The van der Waals surface area contributed by atoms with Gasteiger partial charge in [-0.15, -0.1) is 11.3 Å². The minimum Gasteiger partial charge on any atom is -0.483 e. The Kier molecular flexibility index (Phi) is 21.3. The fourth-order valence-corrected chi connectivity index (χ4v) is 6.75. The first kappa shape index (κ1) is 44.2. The van der Waals surface area contributed by atoms with Crippen LogP contribution in [0.5, 0.6) is 5.75 Å². The van der Waals surface area contributed by atoms with Gasteiger partial charge in [-0.25, -0.2) is 4.98 Å². The summed E-state index contributed by atoms with van der Waals surface area (Å²) in [6.07, 6.45) is 14.4. The van der Waals surface area contributed by atoms with Gasteiger partial charge in [-0.2, -0.15) is 8.78 Å². The van der Waals surface area contributed by atoms with Crippen molar-refractivity contribution in [2.75, 3.05) is 13.1 Å². The number of alkyl halides is 2. The monoisotopic (exact) mass is 676 g/mol. The first-order valence-electron chi connectivity index (χ1n) is 17.1. The van der Waals surface area contributed by atoms with Crippen molar-refractivity contribution in [3.63, 3.8) is 0 Å². The lowest BCUT2D eigenvalue weighted by Gasteiger charge is -2.48. The average molecular weight is 677 g/mol. The van der Waals surface area contributed by atoms with Crippen molar-refractivity contribution in [1.29, 1.82) is 0 Å². The molecule has 1 aliphatic heterocycles. The number of nitrogens with zero attached hydrogens (tertiary/aromatic N) is 2. The second-order valence-electron chi connectivity index (χ2n) is 12.9. The predicted molar refractivity (Wildman–Crippen MR) is 198 cm³/mol. The Hall–Kier alpha value is -2.84. The quantitative estimate of drug-likeness (QED) is 0.179. The molecule has 47 heavy (non-hydrogen) atoms. The number of carbonyl (C=O) groups is 1. The van der Waals surface area contributed by atoms with E-state index >= 15 is 0 Å². The van der Waals surface area contributed by atoms with Gasteiger partial charge in [-0.1, -0.05) is 126 Å². The van der Waals surface area contributed by atoms with E-state index in [1.54, 1.807) is 23.5 Å². The van der Waals surface area contributed by atoms with Crippen molar-refractivity contribution < 1.29 is 23.4 Å². The Morgan fingerprint density at radius 2 is 1.87 bits per heavy atom. The largest absolute Gasteiger partial charge is 0.483 e. The van der Waals surface area contributed by atoms with Crippen LogP contribution in [-0.2, 0) is 11.3 Å².